The van der Waals surface area contributed by atoms with Gasteiger partial charge in [-0.15, -0.1) is 10.2 Å². The Hall–Kier alpha value is -3.50. The van der Waals surface area contributed by atoms with Gasteiger partial charge in [-0.05, 0) is 37.1 Å². The fourth-order valence-electron chi connectivity index (χ4n) is 3.41. The van der Waals surface area contributed by atoms with Crippen molar-refractivity contribution in [1.29, 1.82) is 0 Å². The van der Waals surface area contributed by atoms with E-state index in [1.807, 2.05) is 4.57 Å². The van der Waals surface area contributed by atoms with Gasteiger partial charge in [-0.1, -0.05) is 6.42 Å². The summed E-state index contributed by atoms with van der Waals surface area (Å²) in [7, 11) is 0. The Morgan fingerprint density at radius 2 is 1.97 bits per heavy atom. The first-order valence-electron chi connectivity index (χ1n) is 9.99. The highest BCUT2D eigenvalue weighted by Gasteiger charge is 2.28. The van der Waals surface area contributed by atoms with Crippen molar-refractivity contribution in [2.24, 2.45) is 0 Å². The van der Waals surface area contributed by atoms with E-state index in [1.54, 1.807) is 6.07 Å². The normalized spacial score (nSPS) is 13.9. The molecule has 32 heavy (non-hydrogen) atoms. The predicted molar refractivity (Wildman–Crippen MR) is 107 cm³/mol. The van der Waals surface area contributed by atoms with Crippen LogP contribution in [-0.4, -0.2) is 38.4 Å². The number of anilines is 1. The van der Waals surface area contributed by atoms with Gasteiger partial charge in [-0.25, -0.2) is 9.37 Å². The van der Waals surface area contributed by atoms with Crippen LogP contribution in [0.3, 0.4) is 0 Å². The number of aryl methyl sites for hydroxylation is 1. The molecule has 0 radical (unpaired) electrons. The number of fused-ring (bicyclic) bond motifs is 1. The van der Waals surface area contributed by atoms with Gasteiger partial charge in [0.1, 0.15) is 11.6 Å². The maximum absolute atomic E-state index is 14.4. The van der Waals surface area contributed by atoms with Crippen LogP contribution >= 0.6 is 0 Å². The fraction of sp³-hybridized carbons (Fsp3) is 0.333. The lowest BCUT2D eigenvalue weighted by Crippen LogP contribution is -2.20. The molecule has 1 aliphatic rings. The first-order valence-corrected chi connectivity index (χ1v) is 9.99. The van der Waals surface area contributed by atoms with Crippen molar-refractivity contribution in [2.75, 3.05) is 11.9 Å². The SMILES string of the molecule is O=C(Nc1cc(-c2nnc3n2CCCCC3)ccc1F)c1ccc(OCC(F)(F)F)nc1. The second kappa shape index (κ2) is 8.93. The molecule has 0 atom stereocenters. The van der Waals surface area contributed by atoms with Gasteiger partial charge in [0.2, 0.25) is 5.88 Å². The zero-order valence-electron chi connectivity index (χ0n) is 16.8. The zero-order chi connectivity index (χ0) is 22.7. The molecule has 1 aromatic carbocycles. The minimum atomic E-state index is -4.50. The van der Waals surface area contributed by atoms with E-state index in [9.17, 15) is 22.4 Å². The van der Waals surface area contributed by atoms with Crippen LogP contribution in [0.25, 0.3) is 11.4 Å². The first kappa shape index (κ1) is 21.7. The Morgan fingerprint density at radius 3 is 2.72 bits per heavy atom. The lowest BCUT2D eigenvalue weighted by Gasteiger charge is -2.11. The molecule has 1 amide bonds. The van der Waals surface area contributed by atoms with E-state index in [4.69, 9.17) is 0 Å². The summed E-state index contributed by atoms with van der Waals surface area (Å²) in [5.74, 6) is -0.108. The van der Waals surface area contributed by atoms with Crippen LogP contribution in [0, 0.1) is 5.82 Å². The summed E-state index contributed by atoms with van der Waals surface area (Å²) in [4.78, 5) is 16.2. The second-order valence-electron chi connectivity index (χ2n) is 7.34. The van der Waals surface area contributed by atoms with E-state index in [-0.39, 0.29) is 17.1 Å². The maximum atomic E-state index is 14.4. The molecule has 0 unspecified atom stereocenters. The Labute approximate surface area is 180 Å². The van der Waals surface area contributed by atoms with Crippen molar-refractivity contribution in [3.63, 3.8) is 0 Å². The van der Waals surface area contributed by atoms with Gasteiger partial charge in [0.25, 0.3) is 5.91 Å². The molecule has 11 heteroatoms. The van der Waals surface area contributed by atoms with Crippen molar-refractivity contribution in [3.05, 3.63) is 53.7 Å². The number of ether oxygens (including phenoxy) is 1. The number of nitrogens with zero attached hydrogens (tertiary/aromatic N) is 4. The average Bonchev–Trinajstić information content (AvgIpc) is 3.01. The van der Waals surface area contributed by atoms with Crippen LogP contribution in [0.15, 0.2) is 36.5 Å². The standard InChI is InChI=1S/C21H19F4N5O2/c22-15-7-5-13(19-29-28-17-4-2-1-3-9-30(17)19)10-16(15)27-20(31)14-6-8-18(26-11-14)32-12-21(23,24)25/h5-8,10-11H,1-4,9,12H2,(H,27,31). The predicted octanol–water partition coefficient (Wildman–Crippen LogP) is 4.40. The minimum absolute atomic E-state index is 0.0329. The van der Waals surface area contributed by atoms with Crippen molar-refractivity contribution in [2.45, 2.75) is 38.4 Å². The van der Waals surface area contributed by atoms with E-state index in [1.165, 1.54) is 18.2 Å². The molecule has 0 spiro atoms. The molecule has 0 bridgehead atoms. The molecule has 4 rings (SSSR count). The first-order chi connectivity index (χ1) is 15.3. The summed E-state index contributed by atoms with van der Waals surface area (Å²) < 4.78 is 57.5. The maximum Gasteiger partial charge on any atom is 0.422 e. The van der Waals surface area contributed by atoms with Crippen molar-refractivity contribution >= 4 is 11.6 Å². The van der Waals surface area contributed by atoms with Crippen LogP contribution in [0.4, 0.5) is 23.2 Å². The lowest BCUT2D eigenvalue weighted by atomic mass is 10.1. The molecular weight excluding hydrogens is 430 g/mol. The average molecular weight is 449 g/mol. The number of carbonyl (C=O) groups is 1. The number of alkyl halides is 3. The van der Waals surface area contributed by atoms with Crippen LogP contribution in [0.2, 0.25) is 0 Å². The summed E-state index contributed by atoms with van der Waals surface area (Å²) in [6.07, 6.45) is 0.523. The van der Waals surface area contributed by atoms with Crippen LogP contribution < -0.4 is 10.1 Å². The highest BCUT2D eigenvalue weighted by atomic mass is 19.4. The van der Waals surface area contributed by atoms with E-state index < -0.39 is 24.5 Å². The number of benzene rings is 1. The second-order valence-corrected chi connectivity index (χ2v) is 7.34. The molecular formula is C21H19F4N5O2. The van der Waals surface area contributed by atoms with Crippen molar-refractivity contribution in [3.8, 4) is 17.3 Å². The molecule has 0 fully saturated rings. The quantitative estimate of drug-likeness (QED) is 0.584. The van der Waals surface area contributed by atoms with Gasteiger partial charge in [0, 0.05) is 30.8 Å². The zero-order valence-corrected chi connectivity index (χ0v) is 16.8. The molecule has 2 aromatic heterocycles. The number of nitrogens with one attached hydrogen (secondary N) is 1. The van der Waals surface area contributed by atoms with Crippen LogP contribution in [-0.2, 0) is 13.0 Å². The Kier molecular flexibility index (Phi) is 6.06. The third-order valence-electron chi connectivity index (χ3n) is 4.96. The van der Waals surface area contributed by atoms with E-state index in [0.717, 1.165) is 50.3 Å². The molecule has 1 aliphatic heterocycles. The van der Waals surface area contributed by atoms with Crippen molar-refractivity contribution in [1.82, 2.24) is 19.7 Å². The third-order valence-corrected chi connectivity index (χ3v) is 4.96. The fourth-order valence-corrected chi connectivity index (χ4v) is 3.41. The van der Waals surface area contributed by atoms with Gasteiger partial charge < -0.3 is 14.6 Å². The minimum Gasteiger partial charge on any atom is -0.468 e. The summed E-state index contributed by atoms with van der Waals surface area (Å²) >= 11 is 0. The van der Waals surface area contributed by atoms with Crippen LogP contribution in [0.5, 0.6) is 5.88 Å². The number of carbonyl (C=O) groups excluding carboxylic acids is 1. The molecule has 7 nitrogen and oxygen atoms in total. The van der Waals surface area contributed by atoms with Gasteiger partial charge in [0.15, 0.2) is 12.4 Å². The molecule has 3 heterocycles. The van der Waals surface area contributed by atoms with E-state index in [2.05, 4.69) is 25.2 Å². The van der Waals surface area contributed by atoms with Crippen molar-refractivity contribution < 1.29 is 27.1 Å². The Morgan fingerprint density at radius 1 is 1.12 bits per heavy atom. The Bertz CT molecular complexity index is 1110. The number of pyridine rings is 1. The number of aromatic nitrogens is 4. The molecule has 0 saturated heterocycles. The molecule has 1 N–H and O–H groups in total. The van der Waals surface area contributed by atoms with Gasteiger partial charge in [-0.3, -0.25) is 4.79 Å². The Balaban J connectivity index is 1.50. The highest BCUT2D eigenvalue weighted by molar-refractivity contribution is 6.04. The van der Waals surface area contributed by atoms with Gasteiger partial charge in [-0.2, -0.15) is 13.2 Å². The molecule has 0 aliphatic carbocycles. The molecule has 0 saturated carbocycles. The smallest absolute Gasteiger partial charge is 0.422 e. The highest BCUT2D eigenvalue weighted by Crippen LogP contribution is 2.27. The largest absolute Gasteiger partial charge is 0.468 e. The monoisotopic (exact) mass is 449 g/mol. The lowest BCUT2D eigenvalue weighted by molar-refractivity contribution is -0.154. The topological polar surface area (TPSA) is 81.9 Å². The summed E-state index contributed by atoms with van der Waals surface area (Å²) in [5, 5.41) is 10.9. The third kappa shape index (κ3) is 5.04. The number of halogens is 4. The number of hydrogen-bond acceptors (Lipinski definition) is 5. The van der Waals surface area contributed by atoms with Gasteiger partial charge in [0.05, 0.1) is 11.3 Å². The summed E-state index contributed by atoms with van der Waals surface area (Å²) in [6, 6.07) is 6.66. The van der Waals surface area contributed by atoms with Gasteiger partial charge >= 0.3 is 6.18 Å². The molecule has 3 aromatic rings. The summed E-state index contributed by atoms with van der Waals surface area (Å²) in [5.41, 5.74) is 0.581. The number of hydrogen-bond donors (Lipinski definition) is 1. The van der Waals surface area contributed by atoms with E-state index >= 15 is 0 Å². The summed E-state index contributed by atoms with van der Waals surface area (Å²) in [6.45, 7) is -0.721. The van der Waals surface area contributed by atoms with E-state index in [0.29, 0.717) is 11.4 Å². The van der Waals surface area contributed by atoms with Crippen LogP contribution in [0.1, 0.15) is 35.4 Å². The molecule has 168 valence electrons. The number of rotatable bonds is 5. The number of amides is 1.